The van der Waals surface area contributed by atoms with Gasteiger partial charge in [0, 0.05) is 25.4 Å². The zero-order valence-electron chi connectivity index (χ0n) is 16.2. The van der Waals surface area contributed by atoms with Gasteiger partial charge in [-0.1, -0.05) is 41.9 Å². The number of benzene rings is 2. The van der Waals surface area contributed by atoms with E-state index in [1.165, 1.54) is 17.7 Å². The molecule has 0 amide bonds. The third-order valence-electron chi connectivity index (χ3n) is 4.05. The maximum Gasteiger partial charge on any atom is 0.174 e. The average molecular weight is 425 g/mol. The maximum atomic E-state index is 13.4. The van der Waals surface area contributed by atoms with E-state index in [0.717, 1.165) is 6.42 Å². The Labute approximate surface area is 176 Å². The minimum absolute atomic E-state index is 0.0464. The van der Waals surface area contributed by atoms with Crippen molar-refractivity contribution in [1.82, 2.24) is 4.90 Å². The smallest absolute Gasteiger partial charge is 0.174 e. The van der Waals surface area contributed by atoms with Crippen LogP contribution >= 0.6 is 23.8 Å². The molecule has 4 nitrogen and oxygen atoms in total. The van der Waals surface area contributed by atoms with Crippen LogP contribution in [0.1, 0.15) is 19.4 Å². The van der Waals surface area contributed by atoms with E-state index in [0.29, 0.717) is 37.1 Å². The van der Waals surface area contributed by atoms with E-state index in [-0.39, 0.29) is 11.3 Å². The summed E-state index contributed by atoms with van der Waals surface area (Å²) in [7, 11) is 0. The molecule has 0 aromatic heterocycles. The van der Waals surface area contributed by atoms with Crippen molar-refractivity contribution in [3.63, 3.8) is 0 Å². The van der Waals surface area contributed by atoms with Gasteiger partial charge >= 0.3 is 0 Å². The highest BCUT2D eigenvalue weighted by Crippen LogP contribution is 2.20. The molecule has 152 valence electrons. The molecule has 0 fully saturated rings. The van der Waals surface area contributed by atoms with E-state index in [1.54, 1.807) is 6.07 Å². The van der Waals surface area contributed by atoms with E-state index in [9.17, 15) is 4.39 Å². The highest BCUT2D eigenvalue weighted by molar-refractivity contribution is 7.80. The van der Waals surface area contributed by atoms with Gasteiger partial charge in [-0.25, -0.2) is 4.39 Å². The fourth-order valence-electron chi connectivity index (χ4n) is 2.67. The van der Waals surface area contributed by atoms with Gasteiger partial charge in [-0.3, -0.25) is 0 Å². The number of thiocarbonyl (C=S) groups is 1. The predicted octanol–water partition coefficient (Wildman–Crippen LogP) is 5.12. The van der Waals surface area contributed by atoms with Crippen LogP contribution in [0.5, 0.6) is 0 Å². The Balaban J connectivity index is 2.09. The van der Waals surface area contributed by atoms with Crippen molar-refractivity contribution in [2.24, 2.45) is 0 Å². The van der Waals surface area contributed by atoms with E-state index in [4.69, 9.17) is 33.3 Å². The fourth-order valence-corrected chi connectivity index (χ4v) is 3.13. The molecule has 2 rings (SSSR count). The summed E-state index contributed by atoms with van der Waals surface area (Å²) in [5.41, 5.74) is 1.84. The van der Waals surface area contributed by atoms with E-state index in [2.05, 4.69) is 17.4 Å². The Hall–Kier alpha value is -1.73. The molecule has 28 heavy (non-hydrogen) atoms. The van der Waals surface area contributed by atoms with Crippen LogP contribution in [0.3, 0.4) is 0 Å². The van der Waals surface area contributed by atoms with Crippen molar-refractivity contribution < 1.29 is 13.9 Å². The minimum Gasteiger partial charge on any atom is -0.351 e. The Morgan fingerprint density at radius 1 is 1.14 bits per heavy atom. The third kappa shape index (κ3) is 7.36. The second kappa shape index (κ2) is 12.0. The molecule has 0 spiro atoms. The van der Waals surface area contributed by atoms with E-state index >= 15 is 0 Å². The van der Waals surface area contributed by atoms with Crippen LogP contribution in [0.4, 0.5) is 10.1 Å². The maximum absolute atomic E-state index is 13.4. The quantitative estimate of drug-likeness (QED) is 0.423. The zero-order chi connectivity index (χ0) is 20.4. The molecule has 0 aliphatic heterocycles. The molecule has 0 saturated heterocycles. The second-order valence-corrected chi connectivity index (χ2v) is 6.87. The van der Waals surface area contributed by atoms with Gasteiger partial charge < -0.3 is 19.7 Å². The minimum atomic E-state index is -0.466. The first-order valence-corrected chi connectivity index (χ1v) is 10.1. The Morgan fingerprint density at radius 2 is 1.82 bits per heavy atom. The van der Waals surface area contributed by atoms with Crippen molar-refractivity contribution in [2.75, 3.05) is 31.6 Å². The summed E-state index contributed by atoms with van der Waals surface area (Å²) in [6.45, 7) is 6.11. The van der Waals surface area contributed by atoms with Crippen LogP contribution in [-0.2, 0) is 15.9 Å². The molecule has 1 N–H and O–H groups in total. The van der Waals surface area contributed by atoms with E-state index in [1.807, 2.05) is 36.9 Å². The van der Waals surface area contributed by atoms with Crippen LogP contribution in [-0.4, -0.2) is 42.6 Å². The average Bonchev–Trinajstić information content (AvgIpc) is 2.69. The van der Waals surface area contributed by atoms with Crippen LogP contribution in [0.2, 0.25) is 5.02 Å². The molecule has 0 aliphatic rings. The summed E-state index contributed by atoms with van der Waals surface area (Å²) in [6.07, 6.45) is 0.431. The summed E-state index contributed by atoms with van der Waals surface area (Å²) in [5, 5.41) is 3.68. The molecular formula is C21H26ClFN2O2S. The number of halogens is 2. The fraction of sp³-hybridized carbons (Fsp3) is 0.381. The van der Waals surface area contributed by atoms with Gasteiger partial charge in [0.05, 0.1) is 11.6 Å². The summed E-state index contributed by atoms with van der Waals surface area (Å²) >= 11 is 11.5. The van der Waals surface area contributed by atoms with Crippen LogP contribution in [0.15, 0.2) is 48.5 Å². The van der Waals surface area contributed by atoms with Crippen LogP contribution < -0.4 is 5.32 Å². The highest BCUT2D eigenvalue weighted by atomic mass is 35.5. The number of ether oxygens (including phenoxy) is 2. The van der Waals surface area contributed by atoms with Gasteiger partial charge in [0.2, 0.25) is 0 Å². The van der Waals surface area contributed by atoms with Gasteiger partial charge in [0.25, 0.3) is 0 Å². The van der Waals surface area contributed by atoms with Crippen LogP contribution in [0, 0.1) is 5.82 Å². The molecule has 0 atom stereocenters. The first kappa shape index (κ1) is 22.6. The van der Waals surface area contributed by atoms with Crippen molar-refractivity contribution in [3.05, 3.63) is 64.9 Å². The third-order valence-corrected chi connectivity index (χ3v) is 4.70. The standard InChI is InChI=1S/C21H26ClFN2O2S/c1-3-26-20(27-4-2)15-25(13-12-16-8-6-5-7-9-16)21(28)24-17-10-11-19(23)18(22)14-17/h5-11,14,20H,3-4,12-13,15H2,1-2H3,(H,24,28). The first-order valence-electron chi connectivity index (χ1n) is 9.31. The number of rotatable bonds is 10. The Kier molecular flexibility index (Phi) is 9.64. The van der Waals surface area contributed by atoms with Crippen molar-refractivity contribution in [3.8, 4) is 0 Å². The number of nitrogens with zero attached hydrogens (tertiary/aromatic N) is 1. The number of hydrogen-bond acceptors (Lipinski definition) is 3. The zero-order valence-corrected chi connectivity index (χ0v) is 17.7. The molecular weight excluding hydrogens is 399 g/mol. The summed E-state index contributed by atoms with van der Waals surface area (Å²) in [4.78, 5) is 2.00. The Bertz CT molecular complexity index is 742. The summed E-state index contributed by atoms with van der Waals surface area (Å²) in [5.74, 6) is -0.466. The topological polar surface area (TPSA) is 33.7 Å². The lowest BCUT2D eigenvalue weighted by atomic mass is 10.1. The van der Waals surface area contributed by atoms with Crippen LogP contribution in [0.25, 0.3) is 0 Å². The highest BCUT2D eigenvalue weighted by Gasteiger charge is 2.18. The largest absolute Gasteiger partial charge is 0.351 e. The lowest BCUT2D eigenvalue weighted by Crippen LogP contribution is -2.43. The molecule has 0 saturated carbocycles. The van der Waals surface area contributed by atoms with Gasteiger partial charge in [-0.15, -0.1) is 0 Å². The van der Waals surface area contributed by atoms with Crippen molar-refractivity contribution in [1.29, 1.82) is 0 Å². The molecule has 7 heteroatoms. The first-order chi connectivity index (χ1) is 13.5. The second-order valence-electron chi connectivity index (χ2n) is 6.08. The number of hydrogen-bond donors (Lipinski definition) is 1. The number of nitrogens with one attached hydrogen (secondary N) is 1. The van der Waals surface area contributed by atoms with Crippen molar-refractivity contribution in [2.45, 2.75) is 26.6 Å². The molecule has 0 unspecified atom stereocenters. The SMILES string of the molecule is CCOC(CN(CCc1ccccc1)C(=S)Nc1ccc(F)c(Cl)c1)OCC. The van der Waals surface area contributed by atoms with Gasteiger partial charge in [0.1, 0.15) is 5.82 Å². The molecule has 2 aromatic carbocycles. The molecule has 0 radical (unpaired) electrons. The monoisotopic (exact) mass is 424 g/mol. The number of anilines is 1. The summed E-state index contributed by atoms with van der Waals surface area (Å²) in [6, 6.07) is 14.6. The molecule has 0 bridgehead atoms. The van der Waals surface area contributed by atoms with Gasteiger partial charge in [-0.05, 0) is 56.2 Å². The van der Waals surface area contributed by atoms with Crippen molar-refractivity contribution >= 4 is 34.6 Å². The van der Waals surface area contributed by atoms with Gasteiger partial charge in [-0.2, -0.15) is 0 Å². The summed E-state index contributed by atoms with van der Waals surface area (Å²) < 4.78 is 24.8. The molecule has 2 aromatic rings. The van der Waals surface area contributed by atoms with E-state index < -0.39 is 5.82 Å². The lowest BCUT2D eigenvalue weighted by Gasteiger charge is -2.30. The molecule has 0 aliphatic carbocycles. The molecule has 0 heterocycles. The predicted molar refractivity (Wildman–Crippen MR) is 116 cm³/mol. The Morgan fingerprint density at radius 3 is 2.43 bits per heavy atom. The lowest BCUT2D eigenvalue weighted by molar-refractivity contribution is -0.141. The van der Waals surface area contributed by atoms with Gasteiger partial charge in [0.15, 0.2) is 11.4 Å². The normalized spacial score (nSPS) is 10.9.